The van der Waals surface area contributed by atoms with Gasteiger partial charge in [0.15, 0.2) is 0 Å². The van der Waals surface area contributed by atoms with Crippen molar-refractivity contribution in [2.75, 3.05) is 25.0 Å². The number of benzene rings is 2. The summed E-state index contributed by atoms with van der Waals surface area (Å²) in [6.07, 6.45) is -0.532. The molecule has 0 radical (unpaired) electrons. The SMILES string of the molecule is CN=CC1CCN(c2cccc(Cn3nc(-c4nc(-c5ccc(OC(F)(F)F)cc5)no4)nc3C)c2)CC1. The molecular weight excluding hydrogens is 499 g/mol. The van der Waals surface area contributed by atoms with Crippen LogP contribution in [-0.2, 0) is 6.54 Å². The lowest BCUT2D eigenvalue weighted by Gasteiger charge is -2.32. The van der Waals surface area contributed by atoms with Crippen LogP contribution in [0.4, 0.5) is 18.9 Å². The standard InChI is InChI=1S/C26H26F3N7O2/c1-17-31-24(25-32-23(34-38-25)20-6-8-22(9-7-20)37-26(27,28)29)33-36(17)16-19-4-3-5-21(14-19)35-12-10-18(11-13-35)15-30-2/h3-9,14-15,18H,10-13,16H2,1-2H3. The van der Waals surface area contributed by atoms with Crippen LogP contribution in [0, 0.1) is 12.8 Å². The predicted molar refractivity (Wildman–Crippen MR) is 135 cm³/mol. The molecule has 38 heavy (non-hydrogen) atoms. The first-order chi connectivity index (χ1) is 18.3. The van der Waals surface area contributed by atoms with Crippen molar-refractivity contribution < 1.29 is 22.4 Å². The number of nitrogens with zero attached hydrogens (tertiary/aromatic N) is 7. The normalized spacial score (nSPS) is 14.9. The van der Waals surface area contributed by atoms with Crippen LogP contribution in [0.1, 0.15) is 24.2 Å². The summed E-state index contributed by atoms with van der Waals surface area (Å²) in [7, 11) is 1.82. The van der Waals surface area contributed by atoms with E-state index in [4.69, 9.17) is 4.52 Å². The highest BCUT2D eigenvalue weighted by molar-refractivity contribution is 5.61. The molecule has 2 aromatic carbocycles. The number of rotatable bonds is 7. The van der Waals surface area contributed by atoms with Gasteiger partial charge in [-0.05, 0) is 67.6 Å². The van der Waals surface area contributed by atoms with Crippen molar-refractivity contribution in [2.45, 2.75) is 32.7 Å². The van der Waals surface area contributed by atoms with Crippen LogP contribution >= 0.6 is 0 Å². The van der Waals surface area contributed by atoms with Gasteiger partial charge in [0, 0.05) is 37.6 Å². The molecule has 1 saturated heterocycles. The van der Waals surface area contributed by atoms with Crippen molar-refractivity contribution in [1.82, 2.24) is 24.9 Å². The average Bonchev–Trinajstić information content (AvgIpc) is 3.52. The predicted octanol–water partition coefficient (Wildman–Crippen LogP) is 5.17. The molecule has 0 spiro atoms. The zero-order chi connectivity index (χ0) is 26.7. The molecule has 0 unspecified atom stereocenters. The van der Waals surface area contributed by atoms with Crippen molar-refractivity contribution in [2.24, 2.45) is 10.9 Å². The molecule has 3 heterocycles. The Labute approximate surface area is 217 Å². The number of ether oxygens (including phenoxy) is 1. The second-order valence-electron chi connectivity index (χ2n) is 9.04. The lowest BCUT2D eigenvalue weighted by molar-refractivity contribution is -0.274. The molecule has 1 fully saturated rings. The minimum Gasteiger partial charge on any atom is -0.406 e. The Bertz CT molecular complexity index is 1400. The number of aromatic nitrogens is 5. The van der Waals surface area contributed by atoms with Gasteiger partial charge in [0.05, 0.1) is 6.54 Å². The number of hydrogen-bond donors (Lipinski definition) is 0. The Balaban J connectivity index is 1.27. The summed E-state index contributed by atoms with van der Waals surface area (Å²) in [5.41, 5.74) is 2.74. The van der Waals surface area contributed by atoms with Gasteiger partial charge in [0.2, 0.25) is 11.6 Å². The Morgan fingerprint density at radius 1 is 1.08 bits per heavy atom. The first-order valence-corrected chi connectivity index (χ1v) is 12.2. The third-order valence-electron chi connectivity index (χ3n) is 6.33. The topological polar surface area (TPSA) is 94.5 Å². The fourth-order valence-corrected chi connectivity index (χ4v) is 4.44. The van der Waals surface area contributed by atoms with Gasteiger partial charge in [0.25, 0.3) is 5.89 Å². The van der Waals surface area contributed by atoms with E-state index in [9.17, 15) is 13.2 Å². The molecule has 9 nitrogen and oxygen atoms in total. The van der Waals surface area contributed by atoms with E-state index in [1.54, 1.807) is 4.68 Å². The molecule has 0 aliphatic carbocycles. The summed E-state index contributed by atoms with van der Waals surface area (Å²) in [5.74, 6) is 1.48. The summed E-state index contributed by atoms with van der Waals surface area (Å²) in [5, 5.41) is 8.46. The van der Waals surface area contributed by atoms with Crippen molar-refractivity contribution in [3.63, 3.8) is 0 Å². The van der Waals surface area contributed by atoms with E-state index in [1.165, 1.54) is 30.0 Å². The van der Waals surface area contributed by atoms with E-state index in [0.717, 1.165) is 31.5 Å². The van der Waals surface area contributed by atoms with Crippen LogP contribution in [0.3, 0.4) is 0 Å². The number of anilines is 1. The highest BCUT2D eigenvalue weighted by atomic mass is 19.4. The summed E-state index contributed by atoms with van der Waals surface area (Å²) in [6.45, 7) is 4.35. The van der Waals surface area contributed by atoms with Crippen LogP contribution in [0.25, 0.3) is 23.1 Å². The number of aryl methyl sites for hydroxylation is 1. The van der Waals surface area contributed by atoms with Gasteiger partial charge >= 0.3 is 6.36 Å². The molecule has 12 heteroatoms. The molecule has 1 aliphatic rings. The average molecular weight is 526 g/mol. The molecule has 2 aromatic heterocycles. The Morgan fingerprint density at radius 3 is 2.55 bits per heavy atom. The van der Waals surface area contributed by atoms with Gasteiger partial charge in [-0.25, -0.2) is 9.67 Å². The molecule has 0 saturated carbocycles. The minimum atomic E-state index is -4.76. The van der Waals surface area contributed by atoms with Gasteiger partial charge in [-0.3, -0.25) is 0 Å². The molecule has 5 rings (SSSR count). The van der Waals surface area contributed by atoms with Crippen LogP contribution in [0.15, 0.2) is 58.0 Å². The summed E-state index contributed by atoms with van der Waals surface area (Å²) >= 11 is 0. The Kier molecular flexibility index (Phi) is 7.12. The maximum absolute atomic E-state index is 12.4. The molecule has 198 valence electrons. The zero-order valence-electron chi connectivity index (χ0n) is 20.9. The lowest BCUT2D eigenvalue weighted by Crippen LogP contribution is -2.34. The zero-order valence-corrected chi connectivity index (χ0v) is 20.9. The highest BCUT2D eigenvalue weighted by Gasteiger charge is 2.31. The molecule has 0 amide bonds. The molecule has 0 atom stereocenters. The fraction of sp³-hybridized carbons (Fsp3) is 0.346. The van der Waals surface area contributed by atoms with Crippen molar-refractivity contribution in [3.8, 4) is 28.9 Å². The molecule has 4 aromatic rings. The van der Waals surface area contributed by atoms with Gasteiger partial charge in [-0.15, -0.1) is 18.3 Å². The smallest absolute Gasteiger partial charge is 0.406 e. The van der Waals surface area contributed by atoms with Gasteiger partial charge < -0.3 is 19.2 Å². The summed E-state index contributed by atoms with van der Waals surface area (Å²) in [4.78, 5) is 15.3. The Morgan fingerprint density at radius 2 is 1.84 bits per heavy atom. The summed E-state index contributed by atoms with van der Waals surface area (Å²) in [6, 6.07) is 13.6. The highest BCUT2D eigenvalue weighted by Crippen LogP contribution is 2.27. The maximum Gasteiger partial charge on any atom is 0.573 e. The largest absolute Gasteiger partial charge is 0.573 e. The third kappa shape index (κ3) is 6.01. The summed E-state index contributed by atoms with van der Waals surface area (Å²) < 4.78 is 48.2. The van der Waals surface area contributed by atoms with Crippen molar-refractivity contribution in [1.29, 1.82) is 0 Å². The van der Waals surface area contributed by atoms with Gasteiger partial charge in [-0.1, -0.05) is 17.3 Å². The maximum atomic E-state index is 12.4. The minimum absolute atomic E-state index is 0.115. The molecule has 0 N–H and O–H groups in total. The van der Waals surface area contributed by atoms with Crippen LogP contribution < -0.4 is 9.64 Å². The molecule has 1 aliphatic heterocycles. The second-order valence-corrected chi connectivity index (χ2v) is 9.04. The van der Waals surface area contributed by atoms with E-state index < -0.39 is 6.36 Å². The number of halogens is 3. The molecule has 0 bridgehead atoms. The monoisotopic (exact) mass is 525 g/mol. The van der Waals surface area contributed by atoms with E-state index in [1.807, 2.05) is 20.0 Å². The van der Waals surface area contributed by atoms with Gasteiger partial charge in [0.1, 0.15) is 11.6 Å². The Hall–Kier alpha value is -4.22. The quantitative estimate of drug-likeness (QED) is 0.307. The van der Waals surface area contributed by atoms with Crippen molar-refractivity contribution in [3.05, 3.63) is 59.9 Å². The first-order valence-electron chi connectivity index (χ1n) is 12.2. The van der Waals surface area contributed by atoms with Crippen LogP contribution in [0.2, 0.25) is 0 Å². The van der Waals surface area contributed by atoms with Crippen LogP contribution in [0.5, 0.6) is 5.75 Å². The lowest BCUT2D eigenvalue weighted by atomic mass is 9.97. The fourth-order valence-electron chi connectivity index (χ4n) is 4.44. The van der Waals surface area contributed by atoms with Gasteiger partial charge in [-0.2, -0.15) is 4.98 Å². The first kappa shape index (κ1) is 25.4. The number of alkyl halides is 3. The van der Waals surface area contributed by atoms with Crippen molar-refractivity contribution >= 4 is 11.9 Å². The number of hydrogen-bond acceptors (Lipinski definition) is 8. The van der Waals surface area contributed by atoms with E-state index >= 15 is 0 Å². The van der Waals surface area contributed by atoms with Crippen LogP contribution in [-0.4, -0.2) is 57.6 Å². The number of aliphatic imine (C=N–C) groups is 1. The van der Waals surface area contributed by atoms with E-state index in [2.05, 4.69) is 59.3 Å². The third-order valence-corrected chi connectivity index (χ3v) is 6.33. The molecular formula is C26H26F3N7O2. The second kappa shape index (κ2) is 10.6. The number of piperidine rings is 1. The van der Waals surface area contributed by atoms with E-state index in [0.29, 0.717) is 23.9 Å². The van der Waals surface area contributed by atoms with E-state index in [-0.39, 0.29) is 23.3 Å².